The highest BCUT2D eigenvalue weighted by Crippen LogP contribution is 2.35. The summed E-state index contributed by atoms with van der Waals surface area (Å²) in [7, 11) is -1.95. The van der Waals surface area contributed by atoms with Gasteiger partial charge < -0.3 is 9.73 Å². The number of rotatable bonds is 4. The monoisotopic (exact) mass is 471 g/mol. The van der Waals surface area contributed by atoms with Crippen molar-refractivity contribution in [3.05, 3.63) is 45.5 Å². The van der Waals surface area contributed by atoms with E-state index in [4.69, 9.17) is 4.42 Å². The lowest BCUT2D eigenvalue weighted by molar-refractivity contribution is 0.0964. The molecule has 0 aliphatic rings. The molecule has 0 unspecified atom stereocenters. The molecular formula is C16H14IN3O4S. The van der Waals surface area contributed by atoms with E-state index in [1.165, 1.54) is 7.05 Å². The summed E-state index contributed by atoms with van der Waals surface area (Å²) in [5.41, 5.74) is 1.27. The Hall–Kier alpha value is -2.14. The second-order valence-corrected chi connectivity index (χ2v) is 8.21. The molecule has 2 N–H and O–H groups in total. The third-order valence-corrected chi connectivity index (χ3v) is 4.79. The summed E-state index contributed by atoms with van der Waals surface area (Å²) in [6.45, 7) is 0. The third-order valence-electron chi connectivity index (χ3n) is 3.41. The molecule has 0 bridgehead atoms. The number of nitrogens with zero attached hydrogens (tertiary/aromatic N) is 1. The molecule has 1 aromatic carbocycles. The highest BCUT2D eigenvalue weighted by molar-refractivity contribution is 14.1. The van der Waals surface area contributed by atoms with Gasteiger partial charge in [0.1, 0.15) is 5.76 Å². The maximum atomic E-state index is 12.4. The molecule has 25 heavy (non-hydrogen) atoms. The second kappa shape index (κ2) is 6.64. The Morgan fingerprint density at radius 1 is 1.24 bits per heavy atom. The van der Waals surface area contributed by atoms with Crippen molar-refractivity contribution in [3.8, 4) is 11.3 Å². The fraction of sp³-hybridized carbons (Fsp3) is 0.125. The van der Waals surface area contributed by atoms with Crippen LogP contribution >= 0.6 is 22.6 Å². The van der Waals surface area contributed by atoms with Crippen LogP contribution in [0.4, 0.5) is 5.82 Å². The van der Waals surface area contributed by atoms with Crippen molar-refractivity contribution in [1.29, 1.82) is 0 Å². The lowest BCUT2D eigenvalue weighted by Crippen LogP contribution is -2.18. The first-order valence-corrected chi connectivity index (χ1v) is 10.2. The van der Waals surface area contributed by atoms with E-state index in [1.54, 1.807) is 6.07 Å². The summed E-state index contributed by atoms with van der Waals surface area (Å²) in [6.07, 6.45) is 1.04. The van der Waals surface area contributed by atoms with Gasteiger partial charge in [-0.3, -0.25) is 9.52 Å². The average molecular weight is 471 g/mol. The number of fused-ring (bicyclic) bond motifs is 1. The van der Waals surface area contributed by atoms with Gasteiger partial charge in [0.15, 0.2) is 5.82 Å². The number of carbonyl (C=O) groups is 1. The van der Waals surface area contributed by atoms with Crippen LogP contribution in [0.5, 0.6) is 0 Å². The van der Waals surface area contributed by atoms with Gasteiger partial charge in [0.25, 0.3) is 5.91 Å². The zero-order valence-electron chi connectivity index (χ0n) is 13.3. The Bertz CT molecular complexity index is 1060. The van der Waals surface area contributed by atoms with Crippen LogP contribution in [-0.4, -0.2) is 32.6 Å². The van der Waals surface area contributed by atoms with Crippen LogP contribution in [0.1, 0.15) is 10.4 Å². The summed E-state index contributed by atoms with van der Waals surface area (Å²) in [5.74, 6) is 0.237. The first kappa shape index (κ1) is 17.7. The van der Waals surface area contributed by atoms with Crippen LogP contribution in [0.3, 0.4) is 0 Å². The van der Waals surface area contributed by atoms with Gasteiger partial charge in [0, 0.05) is 12.6 Å². The molecule has 2 aromatic heterocycles. The Labute approximate surface area is 158 Å². The molecule has 9 heteroatoms. The molecular weight excluding hydrogens is 457 g/mol. The van der Waals surface area contributed by atoms with Crippen molar-refractivity contribution in [2.75, 3.05) is 18.0 Å². The van der Waals surface area contributed by atoms with Crippen LogP contribution in [-0.2, 0) is 10.0 Å². The zero-order valence-corrected chi connectivity index (χ0v) is 16.3. The van der Waals surface area contributed by atoms with Gasteiger partial charge >= 0.3 is 0 Å². The van der Waals surface area contributed by atoms with Gasteiger partial charge in [-0.25, -0.2) is 8.42 Å². The largest absolute Gasteiger partial charge is 0.437 e. The number of carbonyl (C=O) groups excluding carboxylic acids is 1. The summed E-state index contributed by atoms with van der Waals surface area (Å²) in [6, 6.07) is 10.9. The van der Waals surface area contributed by atoms with Crippen LogP contribution < -0.4 is 10.0 Å². The number of sulfonamides is 1. The molecule has 130 valence electrons. The number of anilines is 1. The summed E-state index contributed by atoms with van der Waals surface area (Å²) in [4.78, 5) is 16.6. The van der Waals surface area contributed by atoms with Crippen molar-refractivity contribution >= 4 is 55.4 Å². The lowest BCUT2D eigenvalue weighted by atomic mass is 10.1. The van der Waals surface area contributed by atoms with Gasteiger partial charge in [-0.2, -0.15) is 4.98 Å². The van der Waals surface area contributed by atoms with Gasteiger partial charge in [0.05, 0.1) is 20.8 Å². The van der Waals surface area contributed by atoms with Crippen LogP contribution in [0.15, 0.2) is 40.8 Å². The van der Waals surface area contributed by atoms with Crippen molar-refractivity contribution < 1.29 is 17.6 Å². The molecule has 0 fully saturated rings. The Balaban J connectivity index is 2.28. The third kappa shape index (κ3) is 3.61. The molecule has 2 heterocycles. The summed E-state index contributed by atoms with van der Waals surface area (Å²) >= 11 is 1.96. The number of nitrogens with one attached hydrogen (secondary N) is 2. The zero-order chi connectivity index (χ0) is 18.2. The minimum Gasteiger partial charge on any atom is -0.437 e. The Morgan fingerprint density at radius 2 is 1.92 bits per heavy atom. The van der Waals surface area contributed by atoms with Crippen LogP contribution in [0.25, 0.3) is 22.4 Å². The molecule has 0 saturated heterocycles. The lowest BCUT2D eigenvalue weighted by Gasteiger charge is -2.05. The van der Waals surface area contributed by atoms with E-state index < -0.39 is 10.0 Å². The molecule has 0 atom stereocenters. The van der Waals surface area contributed by atoms with Gasteiger partial charge in [-0.05, 0) is 28.7 Å². The summed E-state index contributed by atoms with van der Waals surface area (Å²) < 4.78 is 31.7. The fourth-order valence-electron chi connectivity index (χ4n) is 2.39. The predicted molar refractivity (Wildman–Crippen MR) is 104 cm³/mol. The molecule has 0 aliphatic heterocycles. The number of furan rings is 1. The van der Waals surface area contributed by atoms with Crippen molar-refractivity contribution in [1.82, 2.24) is 10.3 Å². The molecule has 3 aromatic rings. The van der Waals surface area contributed by atoms with Crippen LogP contribution in [0.2, 0.25) is 0 Å². The SMILES string of the molecule is CNC(=O)c1c(-c2ccccc2)oc2nc(NS(C)(=O)=O)c(I)cc12. The number of pyridine rings is 1. The second-order valence-electron chi connectivity index (χ2n) is 5.30. The van der Waals surface area contributed by atoms with E-state index >= 15 is 0 Å². The molecule has 0 radical (unpaired) electrons. The molecule has 7 nitrogen and oxygen atoms in total. The van der Waals surface area contributed by atoms with Gasteiger partial charge in [-0.1, -0.05) is 30.3 Å². The standard InChI is InChI=1S/C16H14IN3O4S/c1-18-15(21)12-10-8-11(17)14(20-25(2,22)23)19-16(10)24-13(12)9-6-4-3-5-7-9/h3-8H,1-2H3,(H,18,21)(H,19,20). The van der Waals surface area contributed by atoms with Crippen LogP contribution in [0, 0.1) is 3.57 Å². The molecule has 1 amide bonds. The maximum absolute atomic E-state index is 12.4. The number of amides is 1. The fourth-order valence-corrected chi connectivity index (χ4v) is 3.65. The smallest absolute Gasteiger partial charge is 0.255 e. The van der Waals surface area contributed by atoms with E-state index in [0.29, 0.717) is 20.3 Å². The van der Waals surface area contributed by atoms with Gasteiger partial charge in [-0.15, -0.1) is 0 Å². The van der Waals surface area contributed by atoms with Crippen molar-refractivity contribution in [3.63, 3.8) is 0 Å². The maximum Gasteiger partial charge on any atom is 0.255 e. The highest BCUT2D eigenvalue weighted by atomic mass is 127. The average Bonchev–Trinajstić information content (AvgIpc) is 2.92. The number of hydrogen-bond acceptors (Lipinski definition) is 5. The van der Waals surface area contributed by atoms with Crippen molar-refractivity contribution in [2.24, 2.45) is 0 Å². The van der Waals surface area contributed by atoms with E-state index in [9.17, 15) is 13.2 Å². The normalized spacial score (nSPS) is 11.5. The van der Waals surface area contributed by atoms with Gasteiger partial charge in [0.2, 0.25) is 15.7 Å². The van der Waals surface area contributed by atoms with E-state index in [1.807, 2.05) is 52.9 Å². The Morgan fingerprint density at radius 3 is 2.52 bits per heavy atom. The van der Waals surface area contributed by atoms with E-state index in [2.05, 4.69) is 15.0 Å². The van der Waals surface area contributed by atoms with E-state index in [0.717, 1.165) is 11.8 Å². The molecule has 0 aliphatic carbocycles. The molecule has 0 saturated carbocycles. The molecule has 3 rings (SSSR count). The first-order valence-electron chi connectivity index (χ1n) is 7.18. The highest BCUT2D eigenvalue weighted by Gasteiger charge is 2.24. The minimum absolute atomic E-state index is 0.160. The number of benzene rings is 1. The van der Waals surface area contributed by atoms with E-state index in [-0.39, 0.29) is 17.4 Å². The molecule has 0 spiro atoms. The Kier molecular flexibility index (Phi) is 4.69. The first-order chi connectivity index (χ1) is 11.8. The minimum atomic E-state index is -3.48. The quantitative estimate of drug-likeness (QED) is 0.570. The number of aromatic nitrogens is 1. The number of hydrogen-bond donors (Lipinski definition) is 2. The summed E-state index contributed by atoms with van der Waals surface area (Å²) in [5, 5.41) is 3.12. The topological polar surface area (TPSA) is 101 Å². The number of halogens is 1. The van der Waals surface area contributed by atoms with Crippen molar-refractivity contribution in [2.45, 2.75) is 0 Å². The predicted octanol–water partition coefficient (Wildman–Crippen LogP) is 2.83.